The van der Waals surface area contributed by atoms with Gasteiger partial charge in [0.25, 0.3) is 11.6 Å². The Morgan fingerprint density at radius 3 is 2.41 bits per heavy atom. The zero-order valence-corrected chi connectivity index (χ0v) is 19.8. The number of hydrogen-bond donors (Lipinski definition) is 1. The van der Waals surface area contributed by atoms with Crippen LogP contribution in [0.15, 0.2) is 66.7 Å². The molecule has 2 aromatic carbocycles. The standard InChI is InChI=1S/C23H22BrN3O7/c1-14(2)20(23(30)34-12-15-8-10-16(11-9-15)27(31)32)26-21(24)19(22(26)29)25-18(28)13-33-17-6-4-3-5-7-17/h3-11,19-21H,1,12-13H2,2H3,(H,25,28). The SMILES string of the molecule is C=C(C)C(C(=O)OCc1ccc([N+](=O)[O-])cc1)N1C(=O)C(NC(=O)COc2ccccc2)C1Br. The van der Waals surface area contributed by atoms with Crippen molar-refractivity contribution in [2.75, 3.05) is 6.61 Å². The molecule has 1 aliphatic heterocycles. The lowest BCUT2D eigenvalue weighted by atomic mass is 9.99. The maximum atomic E-state index is 12.7. The number of para-hydroxylation sites is 1. The molecule has 34 heavy (non-hydrogen) atoms. The van der Waals surface area contributed by atoms with Crippen LogP contribution >= 0.6 is 15.9 Å². The van der Waals surface area contributed by atoms with E-state index in [0.717, 1.165) is 0 Å². The van der Waals surface area contributed by atoms with Crippen molar-refractivity contribution < 1.29 is 28.8 Å². The van der Waals surface area contributed by atoms with E-state index in [9.17, 15) is 24.5 Å². The van der Waals surface area contributed by atoms with E-state index in [1.807, 2.05) is 6.07 Å². The molecule has 1 saturated heterocycles. The number of halogens is 1. The van der Waals surface area contributed by atoms with Crippen LogP contribution in [-0.2, 0) is 25.7 Å². The summed E-state index contributed by atoms with van der Waals surface area (Å²) in [5, 5.41) is 13.3. The fourth-order valence-electron chi connectivity index (χ4n) is 3.26. The highest BCUT2D eigenvalue weighted by Gasteiger charge is 2.52. The van der Waals surface area contributed by atoms with E-state index < -0.39 is 39.7 Å². The van der Waals surface area contributed by atoms with E-state index in [2.05, 4.69) is 27.8 Å². The van der Waals surface area contributed by atoms with Crippen molar-refractivity contribution >= 4 is 39.4 Å². The molecule has 2 amide bonds. The molecule has 1 fully saturated rings. The third-order valence-electron chi connectivity index (χ3n) is 4.99. The second-order valence-electron chi connectivity index (χ2n) is 7.55. The quantitative estimate of drug-likeness (QED) is 0.0948. The van der Waals surface area contributed by atoms with Crippen molar-refractivity contribution in [2.24, 2.45) is 0 Å². The molecule has 0 aromatic heterocycles. The van der Waals surface area contributed by atoms with E-state index in [4.69, 9.17) is 9.47 Å². The molecule has 1 N–H and O–H groups in total. The molecule has 1 heterocycles. The van der Waals surface area contributed by atoms with Gasteiger partial charge in [0.05, 0.1) is 4.92 Å². The van der Waals surface area contributed by atoms with Gasteiger partial charge in [-0.15, -0.1) is 0 Å². The molecule has 0 aliphatic carbocycles. The number of hydrogen-bond acceptors (Lipinski definition) is 7. The van der Waals surface area contributed by atoms with Crippen LogP contribution in [0, 0.1) is 10.1 Å². The Labute approximate surface area is 203 Å². The second kappa shape index (κ2) is 10.9. The molecule has 10 nitrogen and oxygen atoms in total. The molecule has 11 heteroatoms. The number of nitrogens with zero attached hydrogens (tertiary/aromatic N) is 2. The lowest BCUT2D eigenvalue weighted by Crippen LogP contribution is -2.72. The molecule has 1 aliphatic rings. The first-order valence-electron chi connectivity index (χ1n) is 10.2. The number of nitro benzene ring substituents is 1. The van der Waals surface area contributed by atoms with Gasteiger partial charge >= 0.3 is 5.97 Å². The minimum atomic E-state index is -1.07. The number of nitrogens with one attached hydrogen (secondary N) is 1. The van der Waals surface area contributed by atoms with Crippen LogP contribution in [0.2, 0.25) is 0 Å². The topological polar surface area (TPSA) is 128 Å². The summed E-state index contributed by atoms with van der Waals surface area (Å²) in [6, 6.07) is 12.4. The zero-order chi connectivity index (χ0) is 24.8. The normalized spacial score (nSPS) is 17.8. The van der Waals surface area contributed by atoms with Gasteiger partial charge in [-0.1, -0.05) is 40.7 Å². The maximum Gasteiger partial charge on any atom is 0.333 e. The second-order valence-corrected chi connectivity index (χ2v) is 8.48. The molecule has 0 spiro atoms. The fourth-order valence-corrected chi connectivity index (χ4v) is 4.06. The molecule has 3 atom stereocenters. The van der Waals surface area contributed by atoms with Gasteiger partial charge in [-0.2, -0.15) is 0 Å². The van der Waals surface area contributed by atoms with Gasteiger partial charge in [0.1, 0.15) is 23.3 Å². The number of carbonyl (C=O) groups excluding carboxylic acids is 3. The molecule has 3 unspecified atom stereocenters. The Morgan fingerprint density at radius 1 is 1.21 bits per heavy atom. The number of esters is 1. The number of ether oxygens (including phenoxy) is 2. The number of benzene rings is 2. The number of likely N-dealkylation sites (tertiary alicyclic amines) is 1. The Kier molecular flexibility index (Phi) is 8.00. The predicted molar refractivity (Wildman–Crippen MR) is 125 cm³/mol. The van der Waals surface area contributed by atoms with Crippen LogP contribution in [0.1, 0.15) is 12.5 Å². The van der Waals surface area contributed by atoms with Crippen LogP contribution in [0.4, 0.5) is 5.69 Å². The Balaban J connectivity index is 1.55. The van der Waals surface area contributed by atoms with Gasteiger partial charge in [0, 0.05) is 12.1 Å². The van der Waals surface area contributed by atoms with E-state index in [1.54, 1.807) is 31.2 Å². The Hall–Kier alpha value is -3.73. The van der Waals surface area contributed by atoms with Gasteiger partial charge in [0.15, 0.2) is 12.6 Å². The summed E-state index contributed by atoms with van der Waals surface area (Å²) in [4.78, 5) is 48.5. The Morgan fingerprint density at radius 2 is 1.85 bits per heavy atom. The summed E-state index contributed by atoms with van der Waals surface area (Å²) in [7, 11) is 0. The lowest BCUT2D eigenvalue weighted by Gasteiger charge is -2.47. The third kappa shape index (κ3) is 5.79. The first kappa shape index (κ1) is 24.9. The van der Waals surface area contributed by atoms with Crippen LogP contribution in [0.3, 0.4) is 0 Å². The first-order chi connectivity index (χ1) is 16.2. The number of amides is 2. The number of β-lactam (4-membered cyclic amide) rings is 1. The van der Waals surface area contributed by atoms with Crippen LogP contribution in [0.25, 0.3) is 0 Å². The summed E-state index contributed by atoms with van der Waals surface area (Å²) in [6.07, 6.45) is 0. The molecular weight excluding hydrogens is 510 g/mol. The molecule has 0 radical (unpaired) electrons. The molecule has 0 saturated carbocycles. The van der Waals surface area contributed by atoms with Crippen LogP contribution in [0.5, 0.6) is 5.75 Å². The average Bonchev–Trinajstić information content (AvgIpc) is 2.83. The number of nitro groups is 1. The van der Waals surface area contributed by atoms with Crippen molar-refractivity contribution in [1.29, 1.82) is 0 Å². The maximum absolute atomic E-state index is 12.7. The predicted octanol–water partition coefficient (Wildman–Crippen LogP) is 2.71. The molecule has 2 aromatic rings. The van der Waals surface area contributed by atoms with Gasteiger partial charge in [-0.3, -0.25) is 19.7 Å². The van der Waals surface area contributed by atoms with Gasteiger partial charge < -0.3 is 19.7 Å². The number of non-ortho nitro benzene ring substituents is 1. The third-order valence-corrected chi connectivity index (χ3v) is 5.96. The largest absolute Gasteiger partial charge is 0.484 e. The summed E-state index contributed by atoms with van der Waals surface area (Å²) < 4.78 is 10.7. The Bertz CT molecular complexity index is 1090. The van der Waals surface area contributed by atoms with E-state index in [1.165, 1.54) is 29.2 Å². The summed E-state index contributed by atoms with van der Waals surface area (Å²) in [5.74, 6) is -1.15. The number of carbonyl (C=O) groups is 3. The van der Waals surface area contributed by atoms with Gasteiger partial charge in [-0.25, -0.2) is 4.79 Å². The van der Waals surface area contributed by atoms with Crippen molar-refractivity contribution in [2.45, 2.75) is 30.6 Å². The van der Waals surface area contributed by atoms with Crippen molar-refractivity contribution in [3.8, 4) is 5.75 Å². The summed E-state index contributed by atoms with van der Waals surface area (Å²) >= 11 is 3.35. The first-order valence-corrected chi connectivity index (χ1v) is 11.1. The smallest absolute Gasteiger partial charge is 0.333 e. The zero-order valence-electron chi connectivity index (χ0n) is 18.2. The molecule has 0 bridgehead atoms. The lowest BCUT2D eigenvalue weighted by molar-refractivity contribution is -0.384. The van der Waals surface area contributed by atoms with Gasteiger partial charge in [-0.05, 0) is 42.3 Å². The van der Waals surface area contributed by atoms with Crippen LogP contribution < -0.4 is 10.1 Å². The van der Waals surface area contributed by atoms with E-state index in [0.29, 0.717) is 16.9 Å². The number of rotatable bonds is 10. The van der Waals surface area contributed by atoms with Gasteiger partial charge in [0.2, 0.25) is 5.91 Å². The summed E-state index contributed by atoms with van der Waals surface area (Å²) in [5.41, 5.74) is 0.849. The minimum Gasteiger partial charge on any atom is -0.484 e. The molecule has 178 valence electrons. The van der Waals surface area contributed by atoms with Crippen molar-refractivity contribution in [3.05, 3.63) is 82.4 Å². The van der Waals surface area contributed by atoms with E-state index >= 15 is 0 Å². The molecule has 3 rings (SSSR count). The van der Waals surface area contributed by atoms with Crippen LogP contribution in [-0.4, -0.2) is 51.2 Å². The van der Waals surface area contributed by atoms with Crippen molar-refractivity contribution in [1.82, 2.24) is 10.2 Å². The summed E-state index contributed by atoms with van der Waals surface area (Å²) in [6.45, 7) is 4.97. The number of alkyl halides is 1. The molecular formula is C23H22BrN3O7. The highest BCUT2D eigenvalue weighted by atomic mass is 79.9. The highest BCUT2D eigenvalue weighted by molar-refractivity contribution is 9.09. The minimum absolute atomic E-state index is 0.0783. The average molecular weight is 532 g/mol. The fraction of sp³-hybridized carbons (Fsp3) is 0.261. The monoisotopic (exact) mass is 531 g/mol. The van der Waals surface area contributed by atoms with Crippen molar-refractivity contribution in [3.63, 3.8) is 0 Å². The van der Waals surface area contributed by atoms with E-state index in [-0.39, 0.29) is 18.9 Å². The highest BCUT2D eigenvalue weighted by Crippen LogP contribution is 2.31.